The van der Waals surface area contributed by atoms with Crippen LogP contribution in [-0.2, 0) is 9.47 Å². The van der Waals surface area contributed by atoms with Crippen molar-refractivity contribution in [3.63, 3.8) is 0 Å². The quantitative estimate of drug-likeness (QED) is 0.831. The van der Waals surface area contributed by atoms with Gasteiger partial charge in [-0.25, -0.2) is 4.79 Å². The van der Waals surface area contributed by atoms with Crippen molar-refractivity contribution in [2.45, 2.75) is 57.8 Å². The highest BCUT2D eigenvalue weighted by Gasteiger charge is 2.39. The Morgan fingerprint density at radius 3 is 2.37 bits per heavy atom. The van der Waals surface area contributed by atoms with Crippen molar-refractivity contribution in [2.75, 3.05) is 26.2 Å². The molecule has 0 aromatic heterocycles. The van der Waals surface area contributed by atoms with E-state index >= 15 is 0 Å². The van der Waals surface area contributed by atoms with Gasteiger partial charge in [0.25, 0.3) is 0 Å². The maximum Gasteiger partial charge on any atom is 0.410 e. The van der Waals surface area contributed by atoms with Crippen molar-refractivity contribution in [1.82, 2.24) is 10.2 Å². The molecule has 1 amide bonds. The second-order valence-electron chi connectivity index (χ2n) is 6.83. The Kier molecular flexibility index (Phi) is 4.06. The van der Waals surface area contributed by atoms with E-state index in [1.807, 2.05) is 20.8 Å². The van der Waals surface area contributed by atoms with Crippen molar-refractivity contribution >= 4 is 6.09 Å². The molecule has 0 aromatic carbocycles. The van der Waals surface area contributed by atoms with Gasteiger partial charge in [-0.2, -0.15) is 0 Å². The van der Waals surface area contributed by atoms with E-state index in [1.165, 1.54) is 0 Å². The molecule has 2 aliphatic rings. The Balaban J connectivity index is 1.72. The molecule has 2 heterocycles. The third-order valence-corrected chi connectivity index (χ3v) is 3.61. The molecule has 19 heavy (non-hydrogen) atoms. The third kappa shape index (κ3) is 4.08. The first-order valence-corrected chi connectivity index (χ1v) is 7.14. The molecule has 0 spiro atoms. The SMILES string of the molecule is CC(C)(C)OC(=O)N1CC(OC2(C)CCNCC2)C1. The summed E-state index contributed by atoms with van der Waals surface area (Å²) in [6, 6.07) is 0. The largest absolute Gasteiger partial charge is 0.444 e. The molecule has 5 nitrogen and oxygen atoms in total. The van der Waals surface area contributed by atoms with Gasteiger partial charge in [-0.05, 0) is 53.6 Å². The molecule has 2 rings (SSSR count). The number of likely N-dealkylation sites (tertiary alicyclic amines) is 1. The molecule has 2 aliphatic heterocycles. The molecule has 5 heteroatoms. The summed E-state index contributed by atoms with van der Waals surface area (Å²) in [4.78, 5) is 13.5. The summed E-state index contributed by atoms with van der Waals surface area (Å²) in [6.07, 6.45) is 2.00. The van der Waals surface area contributed by atoms with Gasteiger partial charge in [-0.15, -0.1) is 0 Å². The number of carbonyl (C=O) groups excluding carboxylic acids is 1. The topological polar surface area (TPSA) is 50.8 Å². The van der Waals surface area contributed by atoms with E-state index < -0.39 is 5.60 Å². The zero-order valence-corrected chi connectivity index (χ0v) is 12.5. The molecule has 2 saturated heterocycles. The van der Waals surface area contributed by atoms with Crippen LogP contribution in [0.4, 0.5) is 4.79 Å². The van der Waals surface area contributed by atoms with Crippen LogP contribution in [0.5, 0.6) is 0 Å². The van der Waals surface area contributed by atoms with E-state index in [-0.39, 0.29) is 17.8 Å². The van der Waals surface area contributed by atoms with Gasteiger partial charge in [0.2, 0.25) is 0 Å². The third-order valence-electron chi connectivity index (χ3n) is 3.61. The molecule has 0 unspecified atom stereocenters. The first-order chi connectivity index (χ1) is 8.77. The van der Waals surface area contributed by atoms with Crippen LogP contribution in [0.25, 0.3) is 0 Å². The summed E-state index contributed by atoms with van der Waals surface area (Å²) in [7, 11) is 0. The number of hydrogen-bond acceptors (Lipinski definition) is 4. The van der Waals surface area contributed by atoms with Crippen molar-refractivity contribution in [1.29, 1.82) is 0 Å². The zero-order chi connectivity index (χ0) is 14.1. The molecule has 0 aromatic rings. The van der Waals surface area contributed by atoms with E-state index in [4.69, 9.17) is 9.47 Å². The van der Waals surface area contributed by atoms with Gasteiger partial charge in [0, 0.05) is 0 Å². The molecule has 1 N–H and O–H groups in total. The molecule has 0 saturated carbocycles. The summed E-state index contributed by atoms with van der Waals surface area (Å²) in [5.74, 6) is 0. The van der Waals surface area contributed by atoms with E-state index in [0.717, 1.165) is 25.9 Å². The molecular formula is C14H26N2O3. The van der Waals surface area contributed by atoms with Gasteiger partial charge in [0.1, 0.15) is 5.60 Å². The molecule has 0 radical (unpaired) electrons. The first-order valence-electron chi connectivity index (χ1n) is 7.14. The van der Waals surface area contributed by atoms with Crippen LogP contribution in [0.1, 0.15) is 40.5 Å². The molecular weight excluding hydrogens is 244 g/mol. The predicted octanol–water partition coefficient (Wildman–Crippen LogP) is 1.76. The number of ether oxygens (including phenoxy) is 2. The number of piperidine rings is 1. The van der Waals surface area contributed by atoms with Gasteiger partial charge < -0.3 is 19.7 Å². The van der Waals surface area contributed by atoms with Crippen LogP contribution in [0.3, 0.4) is 0 Å². The number of nitrogens with one attached hydrogen (secondary N) is 1. The van der Waals surface area contributed by atoms with Crippen molar-refractivity contribution in [3.8, 4) is 0 Å². The lowest BCUT2D eigenvalue weighted by molar-refractivity contribution is -0.146. The van der Waals surface area contributed by atoms with Crippen molar-refractivity contribution in [2.24, 2.45) is 0 Å². The number of hydrogen-bond donors (Lipinski definition) is 1. The maximum atomic E-state index is 11.8. The molecule has 110 valence electrons. The standard InChI is InChI=1S/C14H26N2O3/c1-13(2,3)19-12(17)16-9-11(10-16)18-14(4)5-7-15-8-6-14/h11,15H,5-10H2,1-4H3. The van der Waals surface area contributed by atoms with Gasteiger partial charge >= 0.3 is 6.09 Å². The van der Waals surface area contributed by atoms with Crippen LogP contribution in [-0.4, -0.2) is 54.5 Å². The number of rotatable bonds is 2. The lowest BCUT2D eigenvalue weighted by Crippen LogP contribution is -2.59. The maximum absolute atomic E-state index is 11.8. The van der Waals surface area contributed by atoms with Gasteiger partial charge in [0.05, 0.1) is 24.8 Å². The van der Waals surface area contributed by atoms with Crippen LogP contribution in [0.2, 0.25) is 0 Å². The van der Waals surface area contributed by atoms with Crippen LogP contribution in [0, 0.1) is 0 Å². The molecule has 2 fully saturated rings. The Labute approximate surface area is 115 Å². The fourth-order valence-corrected chi connectivity index (χ4v) is 2.46. The average molecular weight is 270 g/mol. The summed E-state index contributed by atoms with van der Waals surface area (Å²) in [6.45, 7) is 11.1. The second-order valence-corrected chi connectivity index (χ2v) is 6.83. The van der Waals surface area contributed by atoms with E-state index in [0.29, 0.717) is 13.1 Å². The number of nitrogens with zero attached hydrogens (tertiary/aromatic N) is 1. The van der Waals surface area contributed by atoms with E-state index in [1.54, 1.807) is 4.90 Å². The summed E-state index contributed by atoms with van der Waals surface area (Å²) >= 11 is 0. The molecule has 0 atom stereocenters. The van der Waals surface area contributed by atoms with Crippen LogP contribution in [0.15, 0.2) is 0 Å². The highest BCUT2D eigenvalue weighted by Crippen LogP contribution is 2.27. The molecule has 0 bridgehead atoms. The minimum absolute atomic E-state index is 0.0318. The highest BCUT2D eigenvalue weighted by molar-refractivity contribution is 5.69. The van der Waals surface area contributed by atoms with Crippen LogP contribution < -0.4 is 5.32 Å². The number of amides is 1. The number of carbonyl (C=O) groups is 1. The van der Waals surface area contributed by atoms with Crippen molar-refractivity contribution in [3.05, 3.63) is 0 Å². The Morgan fingerprint density at radius 1 is 1.26 bits per heavy atom. The fourth-order valence-electron chi connectivity index (χ4n) is 2.46. The van der Waals surface area contributed by atoms with E-state index in [2.05, 4.69) is 12.2 Å². The fraction of sp³-hybridized carbons (Fsp3) is 0.929. The van der Waals surface area contributed by atoms with Crippen molar-refractivity contribution < 1.29 is 14.3 Å². The highest BCUT2D eigenvalue weighted by atomic mass is 16.6. The lowest BCUT2D eigenvalue weighted by atomic mass is 9.94. The van der Waals surface area contributed by atoms with Crippen LogP contribution >= 0.6 is 0 Å². The zero-order valence-electron chi connectivity index (χ0n) is 12.5. The normalized spacial score (nSPS) is 23.9. The second kappa shape index (κ2) is 5.29. The summed E-state index contributed by atoms with van der Waals surface area (Å²) < 4.78 is 11.5. The van der Waals surface area contributed by atoms with Gasteiger partial charge in [-0.1, -0.05) is 0 Å². The monoisotopic (exact) mass is 270 g/mol. The molecule has 0 aliphatic carbocycles. The van der Waals surface area contributed by atoms with E-state index in [9.17, 15) is 4.79 Å². The first kappa shape index (κ1) is 14.6. The minimum Gasteiger partial charge on any atom is -0.444 e. The van der Waals surface area contributed by atoms with Gasteiger partial charge in [0.15, 0.2) is 0 Å². The summed E-state index contributed by atoms with van der Waals surface area (Å²) in [5, 5.41) is 3.34. The Hall–Kier alpha value is -0.810. The smallest absolute Gasteiger partial charge is 0.410 e. The summed E-state index contributed by atoms with van der Waals surface area (Å²) in [5.41, 5.74) is -0.458. The van der Waals surface area contributed by atoms with Gasteiger partial charge in [-0.3, -0.25) is 0 Å². The average Bonchev–Trinajstić information content (AvgIpc) is 2.21. The lowest BCUT2D eigenvalue weighted by Gasteiger charge is -2.45. The Bertz CT molecular complexity index is 326. The Morgan fingerprint density at radius 2 is 1.84 bits per heavy atom. The predicted molar refractivity (Wildman–Crippen MR) is 73.2 cm³/mol. The minimum atomic E-state index is -0.427.